The molecule has 0 aliphatic carbocycles. The second-order valence-electron chi connectivity index (χ2n) is 3.86. The van der Waals surface area contributed by atoms with E-state index in [4.69, 9.17) is 5.73 Å². The molecule has 0 bridgehead atoms. The van der Waals surface area contributed by atoms with Crippen LogP contribution < -0.4 is 5.73 Å². The van der Waals surface area contributed by atoms with Crippen LogP contribution in [0.25, 0.3) is 0 Å². The Balaban J connectivity index is 3.55. The lowest BCUT2D eigenvalue weighted by molar-refractivity contribution is 0.588. The van der Waals surface area contributed by atoms with Crippen molar-refractivity contribution in [3.63, 3.8) is 0 Å². The van der Waals surface area contributed by atoms with Gasteiger partial charge in [-0.05, 0) is 30.7 Å². The van der Waals surface area contributed by atoms with Crippen molar-refractivity contribution in [1.82, 2.24) is 0 Å². The zero-order chi connectivity index (χ0) is 13.3. The van der Waals surface area contributed by atoms with Crippen molar-refractivity contribution in [1.29, 1.82) is 0 Å². The SMILES string of the molecule is CS(=O)(=O)c1ccc(CCN)cc1S(C)(=O)=O. The third-order valence-corrected chi connectivity index (χ3v) is 4.66. The van der Waals surface area contributed by atoms with Crippen molar-refractivity contribution >= 4 is 19.7 Å². The van der Waals surface area contributed by atoms with E-state index in [1.807, 2.05) is 0 Å². The highest BCUT2D eigenvalue weighted by Crippen LogP contribution is 2.22. The van der Waals surface area contributed by atoms with Crippen LogP contribution in [0, 0.1) is 0 Å². The van der Waals surface area contributed by atoms with Gasteiger partial charge in [-0.1, -0.05) is 6.07 Å². The van der Waals surface area contributed by atoms with E-state index in [1.54, 1.807) is 6.07 Å². The molecule has 17 heavy (non-hydrogen) atoms. The quantitative estimate of drug-likeness (QED) is 0.835. The van der Waals surface area contributed by atoms with Gasteiger partial charge in [0.2, 0.25) is 0 Å². The molecule has 0 saturated carbocycles. The Morgan fingerprint density at radius 1 is 1.00 bits per heavy atom. The second-order valence-corrected chi connectivity index (χ2v) is 7.83. The van der Waals surface area contributed by atoms with Crippen LogP contribution in [0.4, 0.5) is 0 Å². The van der Waals surface area contributed by atoms with Crippen molar-refractivity contribution in [3.8, 4) is 0 Å². The van der Waals surface area contributed by atoms with Gasteiger partial charge in [0.1, 0.15) is 0 Å². The van der Waals surface area contributed by atoms with E-state index in [0.717, 1.165) is 12.5 Å². The Morgan fingerprint density at radius 2 is 1.53 bits per heavy atom. The maximum atomic E-state index is 11.6. The molecule has 0 aliphatic heterocycles. The third kappa shape index (κ3) is 3.52. The topological polar surface area (TPSA) is 94.3 Å². The van der Waals surface area contributed by atoms with Gasteiger partial charge in [-0.25, -0.2) is 16.8 Å². The summed E-state index contributed by atoms with van der Waals surface area (Å²) >= 11 is 0. The summed E-state index contributed by atoms with van der Waals surface area (Å²) in [7, 11) is -7.14. The van der Waals surface area contributed by atoms with E-state index in [9.17, 15) is 16.8 Å². The average molecular weight is 277 g/mol. The summed E-state index contributed by atoms with van der Waals surface area (Å²) in [5.74, 6) is 0. The molecule has 0 radical (unpaired) electrons. The zero-order valence-corrected chi connectivity index (χ0v) is 11.3. The first-order chi connectivity index (χ1) is 7.66. The van der Waals surface area contributed by atoms with E-state index in [2.05, 4.69) is 0 Å². The van der Waals surface area contributed by atoms with Crippen molar-refractivity contribution in [2.24, 2.45) is 5.73 Å². The minimum Gasteiger partial charge on any atom is -0.330 e. The number of benzene rings is 1. The fourth-order valence-corrected chi connectivity index (χ4v) is 3.92. The first kappa shape index (κ1) is 14.1. The smallest absolute Gasteiger partial charge is 0.176 e. The second kappa shape index (κ2) is 4.75. The summed E-state index contributed by atoms with van der Waals surface area (Å²) in [4.78, 5) is -0.327. The summed E-state index contributed by atoms with van der Waals surface area (Å²) in [5, 5.41) is 0. The van der Waals surface area contributed by atoms with Gasteiger partial charge in [-0.2, -0.15) is 0 Å². The summed E-state index contributed by atoms with van der Waals surface area (Å²) in [6.07, 6.45) is 2.48. The van der Waals surface area contributed by atoms with Crippen molar-refractivity contribution in [2.45, 2.75) is 16.2 Å². The average Bonchev–Trinajstić information content (AvgIpc) is 2.15. The molecule has 0 atom stereocenters. The number of nitrogens with two attached hydrogens (primary N) is 1. The molecule has 2 N–H and O–H groups in total. The summed E-state index contributed by atoms with van der Waals surface area (Å²) < 4.78 is 46.1. The molecular formula is C10H15NO4S2. The molecule has 0 unspecified atom stereocenters. The molecule has 5 nitrogen and oxygen atoms in total. The van der Waals surface area contributed by atoms with Crippen molar-refractivity contribution in [3.05, 3.63) is 23.8 Å². The van der Waals surface area contributed by atoms with Gasteiger partial charge in [0, 0.05) is 12.5 Å². The van der Waals surface area contributed by atoms with E-state index < -0.39 is 19.7 Å². The first-order valence-electron chi connectivity index (χ1n) is 4.89. The Morgan fingerprint density at radius 3 is 1.94 bits per heavy atom. The molecule has 0 aliphatic rings. The molecule has 0 fully saturated rings. The normalized spacial score (nSPS) is 12.6. The summed E-state index contributed by atoms with van der Waals surface area (Å²) in [5.41, 5.74) is 6.08. The van der Waals surface area contributed by atoms with Gasteiger partial charge < -0.3 is 5.73 Å². The van der Waals surface area contributed by atoms with E-state index in [-0.39, 0.29) is 9.79 Å². The van der Waals surface area contributed by atoms with E-state index in [0.29, 0.717) is 18.5 Å². The lowest BCUT2D eigenvalue weighted by atomic mass is 10.1. The molecule has 0 amide bonds. The predicted octanol–water partition coefficient (Wildman–Crippen LogP) is -0.00520. The van der Waals surface area contributed by atoms with Crippen molar-refractivity contribution in [2.75, 3.05) is 19.1 Å². The Labute approximate surface area is 101 Å². The van der Waals surface area contributed by atoms with Gasteiger partial charge in [0.15, 0.2) is 19.7 Å². The molecule has 7 heteroatoms. The highest BCUT2D eigenvalue weighted by atomic mass is 32.2. The number of rotatable bonds is 4. The molecule has 1 rings (SSSR count). The summed E-state index contributed by atoms with van der Waals surface area (Å²) in [6, 6.07) is 4.27. The highest BCUT2D eigenvalue weighted by molar-refractivity contribution is 7.93. The Hall–Kier alpha value is -0.920. The predicted molar refractivity (Wildman–Crippen MR) is 65.4 cm³/mol. The Kier molecular flexibility index (Phi) is 3.95. The molecule has 0 spiro atoms. The molecule has 0 aromatic heterocycles. The van der Waals surface area contributed by atoms with Crippen LogP contribution in [-0.4, -0.2) is 35.9 Å². The molecule has 0 saturated heterocycles. The van der Waals surface area contributed by atoms with Gasteiger partial charge >= 0.3 is 0 Å². The van der Waals surface area contributed by atoms with E-state index in [1.165, 1.54) is 12.1 Å². The van der Waals surface area contributed by atoms with Crippen LogP contribution >= 0.6 is 0 Å². The standard InChI is InChI=1S/C10H15NO4S2/c1-16(12,13)9-4-3-8(5-6-11)7-10(9)17(2,14)15/h3-4,7H,5-6,11H2,1-2H3. The van der Waals surface area contributed by atoms with Gasteiger partial charge in [-0.15, -0.1) is 0 Å². The lowest BCUT2D eigenvalue weighted by Crippen LogP contribution is -2.09. The summed E-state index contributed by atoms with van der Waals surface area (Å²) in [6.45, 7) is 0.376. The van der Waals surface area contributed by atoms with Crippen LogP contribution in [0.5, 0.6) is 0 Å². The minimum absolute atomic E-state index is 0.161. The molecule has 0 heterocycles. The number of hydrogen-bond donors (Lipinski definition) is 1. The fraction of sp³-hybridized carbons (Fsp3) is 0.400. The van der Waals surface area contributed by atoms with Gasteiger partial charge in [0.25, 0.3) is 0 Å². The lowest BCUT2D eigenvalue weighted by Gasteiger charge is -2.08. The molecule has 1 aromatic rings. The Bertz CT molecular complexity index is 618. The van der Waals surface area contributed by atoms with Crippen LogP contribution in [-0.2, 0) is 26.1 Å². The number of sulfone groups is 2. The van der Waals surface area contributed by atoms with Crippen LogP contribution in [0.3, 0.4) is 0 Å². The maximum absolute atomic E-state index is 11.6. The van der Waals surface area contributed by atoms with Crippen molar-refractivity contribution < 1.29 is 16.8 Å². The van der Waals surface area contributed by atoms with Crippen LogP contribution in [0.1, 0.15) is 5.56 Å². The maximum Gasteiger partial charge on any atom is 0.176 e. The van der Waals surface area contributed by atoms with Crippen LogP contribution in [0.2, 0.25) is 0 Å². The minimum atomic E-state index is -3.58. The first-order valence-corrected chi connectivity index (χ1v) is 8.67. The van der Waals surface area contributed by atoms with E-state index >= 15 is 0 Å². The molecule has 1 aromatic carbocycles. The highest BCUT2D eigenvalue weighted by Gasteiger charge is 2.20. The molecule has 96 valence electrons. The number of hydrogen-bond acceptors (Lipinski definition) is 5. The van der Waals surface area contributed by atoms with Gasteiger partial charge in [0.05, 0.1) is 9.79 Å². The monoisotopic (exact) mass is 277 g/mol. The zero-order valence-electron chi connectivity index (χ0n) is 9.67. The van der Waals surface area contributed by atoms with Gasteiger partial charge in [-0.3, -0.25) is 0 Å². The molecular weight excluding hydrogens is 262 g/mol. The third-order valence-electron chi connectivity index (χ3n) is 2.24. The van der Waals surface area contributed by atoms with Crippen LogP contribution in [0.15, 0.2) is 28.0 Å². The largest absolute Gasteiger partial charge is 0.330 e. The fourth-order valence-electron chi connectivity index (χ4n) is 1.47.